The van der Waals surface area contributed by atoms with E-state index in [9.17, 15) is 9.59 Å². The maximum Gasteiger partial charge on any atom is 0.241 e. The number of ether oxygens (including phenoxy) is 1. The average molecular weight is 305 g/mol. The van der Waals surface area contributed by atoms with Crippen LogP contribution in [0.15, 0.2) is 24.3 Å². The molecule has 0 bridgehead atoms. The van der Waals surface area contributed by atoms with Crippen LogP contribution in [0.5, 0.6) is 0 Å². The number of carbonyl (C=O) groups excluding carboxylic acids is 2. The number of nitrogens with zero attached hydrogens (tertiary/aromatic N) is 1. The van der Waals surface area contributed by atoms with Crippen LogP contribution in [0, 0.1) is 5.92 Å². The van der Waals surface area contributed by atoms with Crippen molar-refractivity contribution in [3.05, 3.63) is 24.3 Å². The molecule has 0 radical (unpaired) electrons. The van der Waals surface area contributed by atoms with Gasteiger partial charge in [-0.25, -0.2) is 0 Å². The first-order valence-electron chi connectivity index (χ1n) is 7.47. The minimum Gasteiger partial charge on any atom is -0.381 e. The van der Waals surface area contributed by atoms with Crippen LogP contribution in [-0.2, 0) is 14.3 Å². The largest absolute Gasteiger partial charge is 0.381 e. The molecule has 0 aromatic heterocycles. The molecule has 1 unspecified atom stereocenters. The molecule has 6 nitrogen and oxygen atoms in total. The van der Waals surface area contributed by atoms with Crippen LogP contribution in [0.2, 0.25) is 0 Å². The third kappa shape index (κ3) is 4.05. The van der Waals surface area contributed by atoms with E-state index in [4.69, 9.17) is 10.5 Å². The molecule has 0 aliphatic carbocycles. The molecular formula is C16H23N3O3. The molecule has 22 heavy (non-hydrogen) atoms. The predicted octanol–water partition coefficient (Wildman–Crippen LogP) is 1.36. The van der Waals surface area contributed by atoms with Gasteiger partial charge in [-0.3, -0.25) is 9.59 Å². The Labute approximate surface area is 130 Å². The highest BCUT2D eigenvalue weighted by Gasteiger charge is 2.26. The Hall–Kier alpha value is -1.92. The fourth-order valence-corrected chi connectivity index (χ4v) is 2.49. The van der Waals surface area contributed by atoms with Crippen molar-refractivity contribution in [1.29, 1.82) is 0 Å². The molecule has 2 amide bonds. The molecule has 1 saturated heterocycles. The summed E-state index contributed by atoms with van der Waals surface area (Å²) in [6.07, 6.45) is 1.61. The van der Waals surface area contributed by atoms with Crippen molar-refractivity contribution in [2.24, 2.45) is 11.7 Å². The number of anilines is 2. The Kier molecular flexibility index (Phi) is 5.51. The van der Waals surface area contributed by atoms with Crippen LogP contribution < -0.4 is 16.0 Å². The van der Waals surface area contributed by atoms with E-state index < -0.39 is 6.04 Å². The molecule has 120 valence electrons. The van der Waals surface area contributed by atoms with Gasteiger partial charge in [0.2, 0.25) is 11.8 Å². The summed E-state index contributed by atoms with van der Waals surface area (Å²) in [5, 5.41) is 2.83. The van der Waals surface area contributed by atoms with Crippen LogP contribution >= 0.6 is 0 Å². The standard InChI is InChI=1S/C16H23N3O3/c1-11(20)19(2)14-5-3-4-13(10-14)18-16(21)15(17)12-6-8-22-9-7-12/h3-5,10,12,15H,6-9,17H2,1-2H3,(H,18,21). The summed E-state index contributed by atoms with van der Waals surface area (Å²) in [5.74, 6) is -0.117. The van der Waals surface area contributed by atoms with Gasteiger partial charge in [0, 0.05) is 38.6 Å². The Morgan fingerprint density at radius 3 is 2.68 bits per heavy atom. The topological polar surface area (TPSA) is 84.7 Å². The van der Waals surface area contributed by atoms with E-state index in [-0.39, 0.29) is 17.7 Å². The van der Waals surface area contributed by atoms with Gasteiger partial charge in [-0.1, -0.05) is 6.07 Å². The number of amides is 2. The number of carbonyl (C=O) groups is 2. The maximum atomic E-state index is 12.3. The zero-order valence-corrected chi connectivity index (χ0v) is 13.0. The summed E-state index contributed by atoms with van der Waals surface area (Å²) in [4.78, 5) is 25.2. The highest BCUT2D eigenvalue weighted by Crippen LogP contribution is 2.21. The third-order valence-electron chi connectivity index (χ3n) is 4.05. The number of nitrogens with one attached hydrogen (secondary N) is 1. The fourth-order valence-electron chi connectivity index (χ4n) is 2.49. The molecule has 1 aromatic carbocycles. The average Bonchev–Trinajstić information content (AvgIpc) is 2.54. The highest BCUT2D eigenvalue weighted by atomic mass is 16.5. The lowest BCUT2D eigenvalue weighted by Gasteiger charge is -2.26. The van der Waals surface area contributed by atoms with Gasteiger partial charge < -0.3 is 20.7 Å². The Morgan fingerprint density at radius 1 is 1.36 bits per heavy atom. The molecule has 3 N–H and O–H groups in total. The van der Waals surface area contributed by atoms with E-state index in [0.29, 0.717) is 18.9 Å². The van der Waals surface area contributed by atoms with Crippen molar-refractivity contribution in [3.63, 3.8) is 0 Å². The van der Waals surface area contributed by atoms with Crippen LogP contribution in [-0.4, -0.2) is 38.1 Å². The quantitative estimate of drug-likeness (QED) is 0.879. The van der Waals surface area contributed by atoms with Crippen molar-refractivity contribution < 1.29 is 14.3 Å². The van der Waals surface area contributed by atoms with Gasteiger partial charge in [0.1, 0.15) is 0 Å². The van der Waals surface area contributed by atoms with Crippen molar-refractivity contribution in [3.8, 4) is 0 Å². The summed E-state index contributed by atoms with van der Waals surface area (Å²) >= 11 is 0. The van der Waals surface area contributed by atoms with Crippen LogP contribution in [0.3, 0.4) is 0 Å². The molecule has 0 spiro atoms. The molecular weight excluding hydrogens is 282 g/mol. The normalized spacial score (nSPS) is 16.9. The smallest absolute Gasteiger partial charge is 0.241 e. The van der Waals surface area contributed by atoms with E-state index in [1.165, 1.54) is 11.8 Å². The molecule has 1 atom stereocenters. The number of benzene rings is 1. The minimum atomic E-state index is -0.543. The summed E-state index contributed by atoms with van der Waals surface area (Å²) < 4.78 is 5.29. The second kappa shape index (κ2) is 7.38. The Balaban J connectivity index is 2.01. The zero-order valence-electron chi connectivity index (χ0n) is 13.0. The number of rotatable bonds is 4. The second-order valence-corrected chi connectivity index (χ2v) is 5.59. The third-order valence-corrected chi connectivity index (χ3v) is 4.05. The lowest BCUT2D eigenvalue weighted by molar-refractivity contribution is -0.119. The fraction of sp³-hybridized carbons (Fsp3) is 0.500. The molecule has 1 fully saturated rings. The SMILES string of the molecule is CC(=O)N(C)c1cccc(NC(=O)C(N)C2CCOCC2)c1. The number of nitrogens with two attached hydrogens (primary N) is 1. The second-order valence-electron chi connectivity index (χ2n) is 5.59. The predicted molar refractivity (Wildman–Crippen MR) is 85.7 cm³/mol. The summed E-state index contributed by atoms with van der Waals surface area (Å²) in [5.41, 5.74) is 7.42. The van der Waals surface area contributed by atoms with E-state index in [1.54, 1.807) is 25.2 Å². The first kappa shape index (κ1) is 16.5. The van der Waals surface area contributed by atoms with Crippen molar-refractivity contribution in [2.45, 2.75) is 25.8 Å². The molecule has 1 aliphatic heterocycles. The number of hydrogen-bond acceptors (Lipinski definition) is 4. The molecule has 2 rings (SSSR count). The van der Waals surface area contributed by atoms with E-state index in [0.717, 1.165) is 18.5 Å². The molecule has 1 heterocycles. The van der Waals surface area contributed by atoms with E-state index in [1.807, 2.05) is 6.07 Å². The zero-order chi connectivity index (χ0) is 16.1. The lowest BCUT2D eigenvalue weighted by Crippen LogP contribution is -2.44. The van der Waals surface area contributed by atoms with Gasteiger partial charge in [0.25, 0.3) is 0 Å². The maximum absolute atomic E-state index is 12.3. The summed E-state index contributed by atoms with van der Waals surface area (Å²) in [6.45, 7) is 2.81. The molecule has 1 aliphatic rings. The Bertz CT molecular complexity index is 541. The van der Waals surface area contributed by atoms with Gasteiger partial charge in [0.05, 0.1) is 6.04 Å². The summed E-state index contributed by atoms with van der Waals surface area (Å²) in [7, 11) is 1.69. The van der Waals surface area contributed by atoms with Crippen molar-refractivity contribution in [2.75, 3.05) is 30.5 Å². The Morgan fingerprint density at radius 2 is 2.05 bits per heavy atom. The molecule has 1 aromatic rings. The lowest BCUT2D eigenvalue weighted by atomic mass is 9.92. The van der Waals surface area contributed by atoms with Gasteiger partial charge in [0.15, 0.2) is 0 Å². The van der Waals surface area contributed by atoms with Crippen LogP contribution in [0.4, 0.5) is 11.4 Å². The molecule has 6 heteroatoms. The minimum absolute atomic E-state index is 0.0672. The van der Waals surface area contributed by atoms with Gasteiger partial charge in [-0.2, -0.15) is 0 Å². The first-order chi connectivity index (χ1) is 10.5. The van der Waals surface area contributed by atoms with Gasteiger partial charge in [-0.15, -0.1) is 0 Å². The van der Waals surface area contributed by atoms with Gasteiger partial charge in [-0.05, 0) is 37.0 Å². The monoisotopic (exact) mass is 305 g/mol. The molecule has 0 saturated carbocycles. The van der Waals surface area contributed by atoms with E-state index >= 15 is 0 Å². The van der Waals surface area contributed by atoms with E-state index in [2.05, 4.69) is 5.32 Å². The highest BCUT2D eigenvalue weighted by molar-refractivity contribution is 5.96. The van der Waals surface area contributed by atoms with Crippen LogP contribution in [0.25, 0.3) is 0 Å². The number of hydrogen-bond donors (Lipinski definition) is 2. The van der Waals surface area contributed by atoms with Crippen molar-refractivity contribution >= 4 is 23.2 Å². The van der Waals surface area contributed by atoms with Crippen LogP contribution in [0.1, 0.15) is 19.8 Å². The van der Waals surface area contributed by atoms with Crippen molar-refractivity contribution in [1.82, 2.24) is 0 Å². The van der Waals surface area contributed by atoms with Gasteiger partial charge >= 0.3 is 0 Å². The first-order valence-corrected chi connectivity index (χ1v) is 7.47. The summed E-state index contributed by atoms with van der Waals surface area (Å²) in [6, 6.07) is 6.61.